The van der Waals surface area contributed by atoms with E-state index in [1.165, 1.54) is 11.1 Å². The van der Waals surface area contributed by atoms with Gasteiger partial charge >= 0.3 is 0 Å². The number of alkyl halides is 1. The zero-order chi connectivity index (χ0) is 10.7. The van der Waals surface area contributed by atoms with Crippen molar-refractivity contribution in [2.24, 2.45) is 0 Å². The molecule has 0 heterocycles. The van der Waals surface area contributed by atoms with Gasteiger partial charge in [0.25, 0.3) is 0 Å². The van der Waals surface area contributed by atoms with E-state index < -0.39 is 0 Å². The molecule has 3 heteroatoms. The van der Waals surface area contributed by atoms with Gasteiger partial charge in [0.1, 0.15) is 0 Å². The van der Waals surface area contributed by atoms with Crippen LogP contribution in [-0.4, -0.2) is 23.9 Å². The standard InChI is InChI=1S/C12H16ClNS/c1-15-7-6-14-12-10-5-3-2-4-9(10)8-11(12)13/h2-5,11-12,14H,6-8H2,1H3. The number of hydrogen-bond donors (Lipinski definition) is 1. The zero-order valence-electron chi connectivity index (χ0n) is 8.87. The Hall–Kier alpha value is -0.180. The highest BCUT2D eigenvalue weighted by atomic mass is 35.5. The van der Waals surface area contributed by atoms with Crippen LogP contribution >= 0.6 is 23.4 Å². The molecule has 0 aromatic heterocycles. The van der Waals surface area contributed by atoms with E-state index in [9.17, 15) is 0 Å². The van der Waals surface area contributed by atoms with Crippen LogP contribution in [0.1, 0.15) is 17.2 Å². The molecule has 82 valence electrons. The molecule has 0 amide bonds. The van der Waals surface area contributed by atoms with Gasteiger partial charge in [-0.15, -0.1) is 11.6 Å². The number of nitrogens with one attached hydrogen (secondary N) is 1. The van der Waals surface area contributed by atoms with Gasteiger partial charge in [0.15, 0.2) is 0 Å². The van der Waals surface area contributed by atoms with Gasteiger partial charge in [0.05, 0.1) is 5.38 Å². The third kappa shape index (κ3) is 2.49. The quantitative estimate of drug-likeness (QED) is 0.643. The Morgan fingerprint density at radius 3 is 3.07 bits per heavy atom. The summed E-state index contributed by atoms with van der Waals surface area (Å²) in [6.45, 7) is 1.03. The summed E-state index contributed by atoms with van der Waals surface area (Å²) in [5.74, 6) is 1.14. The highest BCUT2D eigenvalue weighted by Gasteiger charge is 2.29. The summed E-state index contributed by atoms with van der Waals surface area (Å²) in [6.07, 6.45) is 3.12. The first-order chi connectivity index (χ1) is 7.33. The lowest BCUT2D eigenvalue weighted by atomic mass is 10.1. The largest absolute Gasteiger partial charge is 0.308 e. The Kier molecular flexibility index (Phi) is 3.95. The summed E-state index contributed by atoms with van der Waals surface area (Å²) >= 11 is 8.22. The molecule has 2 unspecified atom stereocenters. The first kappa shape index (κ1) is 11.3. The minimum Gasteiger partial charge on any atom is -0.308 e. The van der Waals surface area contributed by atoms with E-state index in [1.54, 1.807) is 0 Å². The van der Waals surface area contributed by atoms with Crippen molar-refractivity contribution < 1.29 is 0 Å². The van der Waals surface area contributed by atoms with E-state index in [0.717, 1.165) is 18.7 Å². The fourth-order valence-corrected chi connectivity index (χ4v) is 2.81. The van der Waals surface area contributed by atoms with Crippen molar-refractivity contribution in [3.63, 3.8) is 0 Å². The zero-order valence-corrected chi connectivity index (χ0v) is 10.4. The van der Waals surface area contributed by atoms with E-state index in [4.69, 9.17) is 11.6 Å². The lowest BCUT2D eigenvalue weighted by Crippen LogP contribution is -2.27. The number of thioether (sulfide) groups is 1. The minimum absolute atomic E-state index is 0.212. The second-order valence-corrected chi connectivity index (χ2v) is 5.39. The van der Waals surface area contributed by atoms with Crippen LogP contribution in [-0.2, 0) is 6.42 Å². The third-order valence-electron chi connectivity index (χ3n) is 2.84. The van der Waals surface area contributed by atoms with Gasteiger partial charge in [0, 0.05) is 18.3 Å². The van der Waals surface area contributed by atoms with Crippen LogP contribution in [0.3, 0.4) is 0 Å². The van der Waals surface area contributed by atoms with Gasteiger partial charge in [-0.1, -0.05) is 24.3 Å². The summed E-state index contributed by atoms with van der Waals surface area (Å²) in [6, 6.07) is 8.90. The fourth-order valence-electron chi connectivity index (χ4n) is 2.10. The van der Waals surface area contributed by atoms with Crippen molar-refractivity contribution in [2.75, 3.05) is 18.6 Å². The van der Waals surface area contributed by atoms with E-state index in [1.807, 2.05) is 11.8 Å². The summed E-state index contributed by atoms with van der Waals surface area (Å²) in [4.78, 5) is 0. The van der Waals surface area contributed by atoms with Crippen LogP contribution < -0.4 is 5.32 Å². The summed E-state index contributed by atoms with van der Waals surface area (Å²) < 4.78 is 0. The number of hydrogen-bond acceptors (Lipinski definition) is 2. The lowest BCUT2D eigenvalue weighted by Gasteiger charge is -2.16. The van der Waals surface area contributed by atoms with Crippen LogP contribution in [0, 0.1) is 0 Å². The normalized spacial score (nSPS) is 24.1. The Balaban J connectivity index is 2.05. The first-order valence-corrected chi connectivity index (χ1v) is 7.10. The van der Waals surface area contributed by atoms with Crippen molar-refractivity contribution in [1.82, 2.24) is 5.32 Å². The molecule has 1 aliphatic carbocycles. The molecule has 15 heavy (non-hydrogen) atoms. The summed E-state index contributed by atoms with van der Waals surface area (Å²) in [5.41, 5.74) is 2.79. The summed E-state index contributed by atoms with van der Waals surface area (Å²) in [5, 5.41) is 3.75. The SMILES string of the molecule is CSCCNC1c2ccccc2CC1Cl. The van der Waals surface area contributed by atoms with Crippen molar-refractivity contribution >= 4 is 23.4 Å². The molecule has 0 saturated carbocycles. The molecular formula is C12H16ClNS. The highest BCUT2D eigenvalue weighted by Crippen LogP contribution is 2.34. The van der Waals surface area contributed by atoms with Gasteiger partial charge < -0.3 is 5.32 Å². The van der Waals surface area contributed by atoms with Crippen LogP contribution in [0.25, 0.3) is 0 Å². The molecule has 1 nitrogen and oxygen atoms in total. The first-order valence-electron chi connectivity index (χ1n) is 5.27. The molecule has 1 aliphatic rings. The Morgan fingerprint density at radius 2 is 2.27 bits per heavy atom. The van der Waals surface area contributed by atoms with E-state index in [-0.39, 0.29) is 5.38 Å². The molecule has 2 atom stereocenters. The van der Waals surface area contributed by atoms with E-state index in [2.05, 4.69) is 35.8 Å². The number of rotatable bonds is 4. The van der Waals surface area contributed by atoms with Crippen LogP contribution in [0.4, 0.5) is 0 Å². The van der Waals surface area contributed by atoms with Gasteiger partial charge in [-0.2, -0.15) is 11.8 Å². The predicted octanol–water partition coefficient (Wildman–Crippen LogP) is 2.84. The second-order valence-electron chi connectivity index (χ2n) is 3.84. The number of fused-ring (bicyclic) bond motifs is 1. The minimum atomic E-state index is 0.212. The maximum atomic E-state index is 6.35. The van der Waals surface area contributed by atoms with Crippen molar-refractivity contribution in [2.45, 2.75) is 17.8 Å². The number of halogens is 1. The van der Waals surface area contributed by atoms with Gasteiger partial charge in [-0.3, -0.25) is 0 Å². The molecule has 1 aromatic rings. The van der Waals surface area contributed by atoms with E-state index >= 15 is 0 Å². The molecule has 0 fully saturated rings. The molecule has 0 spiro atoms. The molecule has 0 saturated heterocycles. The Labute approximate surface area is 101 Å². The topological polar surface area (TPSA) is 12.0 Å². The smallest absolute Gasteiger partial charge is 0.0571 e. The molecule has 0 radical (unpaired) electrons. The summed E-state index contributed by atoms with van der Waals surface area (Å²) in [7, 11) is 0. The maximum absolute atomic E-state index is 6.35. The van der Waals surface area contributed by atoms with Crippen LogP contribution in [0.5, 0.6) is 0 Å². The van der Waals surface area contributed by atoms with Gasteiger partial charge in [0.2, 0.25) is 0 Å². The molecule has 1 aromatic carbocycles. The molecule has 0 aliphatic heterocycles. The molecule has 2 rings (SSSR count). The fraction of sp³-hybridized carbons (Fsp3) is 0.500. The average Bonchev–Trinajstić information content (AvgIpc) is 2.56. The van der Waals surface area contributed by atoms with Gasteiger partial charge in [-0.05, 0) is 23.8 Å². The maximum Gasteiger partial charge on any atom is 0.0571 e. The van der Waals surface area contributed by atoms with Crippen LogP contribution in [0.15, 0.2) is 24.3 Å². The van der Waals surface area contributed by atoms with E-state index in [0.29, 0.717) is 6.04 Å². The van der Waals surface area contributed by atoms with Gasteiger partial charge in [-0.25, -0.2) is 0 Å². The molecule has 0 bridgehead atoms. The molecule has 1 N–H and O–H groups in total. The highest BCUT2D eigenvalue weighted by molar-refractivity contribution is 7.98. The van der Waals surface area contributed by atoms with Crippen molar-refractivity contribution in [3.8, 4) is 0 Å². The Morgan fingerprint density at radius 1 is 1.47 bits per heavy atom. The predicted molar refractivity (Wildman–Crippen MR) is 68.9 cm³/mol. The molecular weight excluding hydrogens is 226 g/mol. The third-order valence-corrected chi connectivity index (χ3v) is 3.86. The van der Waals surface area contributed by atoms with Crippen molar-refractivity contribution in [3.05, 3.63) is 35.4 Å². The number of benzene rings is 1. The monoisotopic (exact) mass is 241 g/mol. The lowest BCUT2D eigenvalue weighted by molar-refractivity contribution is 0.558. The van der Waals surface area contributed by atoms with Crippen LogP contribution in [0.2, 0.25) is 0 Å². The second kappa shape index (κ2) is 5.24. The Bertz CT molecular complexity index is 329. The van der Waals surface area contributed by atoms with Crippen molar-refractivity contribution in [1.29, 1.82) is 0 Å². The average molecular weight is 242 g/mol.